The number of amides is 2. The molecule has 2 amide bonds. The van der Waals surface area contributed by atoms with Crippen LogP contribution in [0.3, 0.4) is 0 Å². The molecule has 0 spiro atoms. The molecule has 2 atom stereocenters. The van der Waals surface area contributed by atoms with Gasteiger partial charge in [0.2, 0.25) is 11.8 Å². The number of hydrogen-bond donors (Lipinski definition) is 2. The van der Waals surface area contributed by atoms with E-state index in [-0.39, 0.29) is 23.9 Å². The number of carbonyl (C=O) groups is 2. The van der Waals surface area contributed by atoms with Gasteiger partial charge in [0, 0.05) is 44.4 Å². The van der Waals surface area contributed by atoms with E-state index < -0.39 is 0 Å². The van der Waals surface area contributed by atoms with Crippen molar-refractivity contribution >= 4 is 11.8 Å². The molecule has 1 aliphatic heterocycles. The first kappa shape index (κ1) is 19.1. The molecule has 146 valence electrons. The molecule has 0 aromatic carbocycles. The van der Waals surface area contributed by atoms with Crippen molar-refractivity contribution in [2.45, 2.75) is 58.7 Å². The largest absolute Gasteiger partial charge is 0.351 e. The lowest BCUT2D eigenvalue weighted by molar-refractivity contribution is -0.132. The summed E-state index contributed by atoms with van der Waals surface area (Å²) in [5.74, 6) is 1.65. The molecule has 2 aromatic heterocycles. The highest BCUT2D eigenvalue weighted by Gasteiger charge is 2.38. The van der Waals surface area contributed by atoms with Crippen molar-refractivity contribution < 1.29 is 9.59 Å². The maximum Gasteiger partial charge on any atom is 0.225 e. The summed E-state index contributed by atoms with van der Waals surface area (Å²) in [5, 5.41) is 10.1. The number of likely N-dealkylation sites (tertiary alicyclic amines) is 1. The molecule has 1 saturated heterocycles. The number of rotatable bonds is 7. The summed E-state index contributed by atoms with van der Waals surface area (Å²) >= 11 is 0. The molecule has 0 bridgehead atoms. The number of H-pyrrole nitrogens is 1. The number of nitrogens with zero attached hydrogens (tertiary/aromatic N) is 5. The lowest BCUT2D eigenvalue weighted by Crippen LogP contribution is -2.39. The van der Waals surface area contributed by atoms with E-state index in [1.165, 1.54) is 0 Å². The standard InChI is InChI=1S/C18H27N7O2/c1-12(2)8-16(26)21-14-9-15(18-20-13(3)22-23-18)25(10-14)17(27)4-6-24-7-5-19-11-24/h5,7,11-12,14-15H,4,6,8-10H2,1-3H3,(H,21,26)(H,20,22,23)/t14-,15-/m0/s1. The van der Waals surface area contributed by atoms with Gasteiger partial charge in [0.15, 0.2) is 5.82 Å². The average Bonchev–Trinajstić information content (AvgIpc) is 3.32. The summed E-state index contributed by atoms with van der Waals surface area (Å²) in [6, 6.07) is -0.313. The molecule has 3 heterocycles. The van der Waals surface area contributed by atoms with Crippen molar-refractivity contribution in [1.29, 1.82) is 0 Å². The van der Waals surface area contributed by atoms with Crippen LogP contribution in [-0.2, 0) is 16.1 Å². The third-order valence-corrected chi connectivity index (χ3v) is 4.64. The van der Waals surface area contributed by atoms with Crippen LogP contribution in [0, 0.1) is 12.8 Å². The van der Waals surface area contributed by atoms with Crippen molar-refractivity contribution in [3.63, 3.8) is 0 Å². The minimum atomic E-state index is -0.227. The maximum atomic E-state index is 12.9. The Labute approximate surface area is 158 Å². The van der Waals surface area contributed by atoms with Crippen molar-refractivity contribution in [1.82, 2.24) is 34.9 Å². The number of nitrogens with one attached hydrogen (secondary N) is 2. The van der Waals surface area contributed by atoms with E-state index in [1.54, 1.807) is 17.4 Å². The highest BCUT2D eigenvalue weighted by molar-refractivity contribution is 5.78. The van der Waals surface area contributed by atoms with E-state index in [4.69, 9.17) is 0 Å². The minimum absolute atomic E-state index is 0.0210. The normalized spacial score (nSPS) is 19.6. The van der Waals surface area contributed by atoms with Crippen LogP contribution >= 0.6 is 0 Å². The Morgan fingerprint density at radius 2 is 2.22 bits per heavy atom. The van der Waals surface area contributed by atoms with E-state index >= 15 is 0 Å². The molecule has 9 heteroatoms. The van der Waals surface area contributed by atoms with Gasteiger partial charge < -0.3 is 14.8 Å². The number of carbonyl (C=O) groups excluding carboxylic acids is 2. The fraction of sp³-hybridized carbons (Fsp3) is 0.611. The molecule has 0 saturated carbocycles. The van der Waals surface area contributed by atoms with Crippen molar-refractivity contribution in [2.24, 2.45) is 5.92 Å². The monoisotopic (exact) mass is 373 g/mol. The van der Waals surface area contributed by atoms with Gasteiger partial charge in [0.1, 0.15) is 5.82 Å². The highest BCUT2D eigenvalue weighted by Crippen LogP contribution is 2.31. The van der Waals surface area contributed by atoms with Crippen LogP contribution in [-0.4, -0.2) is 54.0 Å². The summed E-state index contributed by atoms with van der Waals surface area (Å²) in [5.41, 5.74) is 0. The first-order chi connectivity index (χ1) is 12.9. The molecule has 27 heavy (non-hydrogen) atoms. The van der Waals surface area contributed by atoms with E-state index in [1.807, 2.05) is 31.5 Å². The third-order valence-electron chi connectivity index (χ3n) is 4.64. The van der Waals surface area contributed by atoms with Crippen LogP contribution in [0.4, 0.5) is 0 Å². The van der Waals surface area contributed by atoms with Gasteiger partial charge >= 0.3 is 0 Å². The lowest BCUT2D eigenvalue weighted by Gasteiger charge is -2.22. The second-order valence-electron chi connectivity index (χ2n) is 7.49. The van der Waals surface area contributed by atoms with E-state index in [0.29, 0.717) is 49.9 Å². The Hall–Kier alpha value is -2.71. The fourth-order valence-corrected chi connectivity index (χ4v) is 3.41. The van der Waals surface area contributed by atoms with Gasteiger partial charge in [-0.25, -0.2) is 9.97 Å². The molecule has 9 nitrogen and oxygen atoms in total. The number of imidazole rings is 1. The van der Waals surface area contributed by atoms with Gasteiger partial charge in [-0.3, -0.25) is 14.7 Å². The maximum absolute atomic E-state index is 12.9. The Bertz CT molecular complexity index is 769. The van der Waals surface area contributed by atoms with Crippen molar-refractivity contribution in [3.8, 4) is 0 Å². The molecular weight excluding hydrogens is 346 g/mol. The summed E-state index contributed by atoms with van der Waals surface area (Å²) < 4.78 is 1.88. The fourth-order valence-electron chi connectivity index (χ4n) is 3.41. The second kappa shape index (κ2) is 8.32. The second-order valence-corrected chi connectivity index (χ2v) is 7.49. The van der Waals surface area contributed by atoms with Crippen LogP contribution < -0.4 is 5.32 Å². The molecule has 3 rings (SSSR count). The highest BCUT2D eigenvalue weighted by atomic mass is 16.2. The molecule has 1 fully saturated rings. The van der Waals surface area contributed by atoms with E-state index in [9.17, 15) is 9.59 Å². The molecular formula is C18H27N7O2. The van der Waals surface area contributed by atoms with Crippen LogP contribution in [0.5, 0.6) is 0 Å². The first-order valence-corrected chi connectivity index (χ1v) is 9.36. The van der Waals surface area contributed by atoms with Gasteiger partial charge in [-0.1, -0.05) is 13.8 Å². The molecule has 0 unspecified atom stereocenters. The zero-order valence-corrected chi connectivity index (χ0v) is 16.1. The summed E-state index contributed by atoms with van der Waals surface area (Å²) in [4.78, 5) is 35.2. The predicted molar refractivity (Wildman–Crippen MR) is 98.4 cm³/mol. The Balaban J connectivity index is 1.67. The first-order valence-electron chi connectivity index (χ1n) is 9.36. The van der Waals surface area contributed by atoms with Crippen LogP contribution in [0.1, 0.15) is 50.8 Å². The minimum Gasteiger partial charge on any atom is -0.351 e. The summed E-state index contributed by atoms with van der Waals surface area (Å²) in [7, 11) is 0. The number of hydrogen-bond acceptors (Lipinski definition) is 5. The smallest absolute Gasteiger partial charge is 0.225 e. The average molecular weight is 373 g/mol. The SMILES string of the molecule is Cc1nc([C@@H]2C[C@H](NC(=O)CC(C)C)CN2C(=O)CCn2ccnc2)n[nH]1. The molecule has 0 aliphatic carbocycles. The van der Waals surface area contributed by atoms with Crippen LogP contribution in [0.25, 0.3) is 0 Å². The van der Waals surface area contributed by atoms with Gasteiger partial charge in [-0.15, -0.1) is 0 Å². The van der Waals surface area contributed by atoms with Gasteiger partial charge in [-0.05, 0) is 19.3 Å². The van der Waals surface area contributed by atoms with E-state index in [2.05, 4.69) is 25.5 Å². The number of aromatic amines is 1. The number of aryl methyl sites for hydroxylation is 2. The van der Waals surface area contributed by atoms with Crippen molar-refractivity contribution in [2.75, 3.05) is 6.54 Å². The summed E-state index contributed by atoms with van der Waals surface area (Å²) in [6.45, 7) is 6.90. The van der Waals surface area contributed by atoms with E-state index in [0.717, 1.165) is 0 Å². The summed E-state index contributed by atoms with van der Waals surface area (Å²) in [6.07, 6.45) is 6.70. The third kappa shape index (κ3) is 4.93. The Morgan fingerprint density at radius 1 is 1.41 bits per heavy atom. The zero-order valence-electron chi connectivity index (χ0n) is 16.1. The topological polar surface area (TPSA) is 109 Å². The van der Waals surface area contributed by atoms with Crippen LogP contribution in [0.2, 0.25) is 0 Å². The zero-order chi connectivity index (χ0) is 19.4. The van der Waals surface area contributed by atoms with Gasteiger partial charge in [0.25, 0.3) is 0 Å². The number of aromatic nitrogens is 5. The molecule has 0 radical (unpaired) electrons. The van der Waals surface area contributed by atoms with Gasteiger partial charge in [-0.2, -0.15) is 5.10 Å². The molecule has 2 aromatic rings. The Kier molecular flexibility index (Phi) is 5.88. The molecule has 1 aliphatic rings. The van der Waals surface area contributed by atoms with Crippen LogP contribution in [0.15, 0.2) is 18.7 Å². The Morgan fingerprint density at radius 3 is 2.85 bits per heavy atom. The predicted octanol–water partition coefficient (Wildman–Crippen LogP) is 1.20. The lowest BCUT2D eigenvalue weighted by atomic mass is 10.1. The molecule has 2 N–H and O–H groups in total. The quantitative estimate of drug-likeness (QED) is 0.758. The van der Waals surface area contributed by atoms with Gasteiger partial charge in [0.05, 0.1) is 12.4 Å². The van der Waals surface area contributed by atoms with Crippen molar-refractivity contribution in [3.05, 3.63) is 30.4 Å².